The van der Waals surface area contributed by atoms with Gasteiger partial charge in [0.25, 0.3) is 8.32 Å². The van der Waals surface area contributed by atoms with Crippen LogP contribution in [0.15, 0.2) is 91.0 Å². The van der Waals surface area contributed by atoms with Crippen LogP contribution in [0.1, 0.15) is 0 Å². The molecule has 3 aromatic carbocycles. The summed E-state index contributed by atoms with van der Waals surface area (Å²) in [4.78, 5) is 11.6. The van der Waals surface area contributed by atoms with Crippen molar-refractivity contribution in [1.82, 2.24) is 0 Å². The summed E-state index contributed by atoms with van der Waals surface area (Å²) in [6.45, 7) is 0. The Labute approximate surface area is 207 Å². The standard InChI is InChI=1S/C18H16OSi.C4HF9O.Zn/c19-20(16-10-4-1-5-11-16,17-12-6-2-7-13-17)18-14-8-3-9-15-18;5-2(6,7)1(14,3(8,9)10)4(11,12)13;/h1-15,19H;14H;. The van der Waals surface area contributed by atoms with Crippen LogP contribution in [0.4, 0.5) is 39.5 Å². The van der Waals surface area contributed by atoms with Gasteiger partial charge in [-0.2, -0.15) is 39.5 Å². The van der Waals surface area contributed by atoms with Crippen molar-refractivity contribution in [2.24, 2.45) is 0 Å². The first-order valence-electron chi connectivity index (χ1n) is 9.38. The van der Waals surface area contributed by atoms with Gasteiger partial charge in [0.05, 0.1) is 0 Å². The molecule has 0 aliphatic carbocycles. The molecule has 0 atom stereocenters. The van der Waals surface area contributed by atoms with Gasteiger partial charge in [-0.1, -0.05) is 91.0 Å². The SMILES string of the molecule is OC(C(F)(F)F)(C(F)(F)F)C(F)(F)F.O[Si](c1ccccc1)(c1ccccc1)c1ccccc1.[Zn]. The molecule has 0 unspecified atom stereocenters. The molecular weight excluding hydrogens is 561 g/mol. The zero-order valence-corrected chi connectivity index (χ0v) is 21.6. The molecule has 0 aromatic heterocycles. The average molecular weight is 578 g/mol. The number of hydrogen-bond acceptors (Lipinski definition) is 2. The molecule has 0 fully saturated rings. The van der Waals surface area contributed by atoms with Crippen LogP contribution in [-0.4, -0.2) is 42.3 Å². The Hall–Kier alpha value is -2.21. The minimum absolute atomic E-state index is 0. The zero-order chi connectivity index (χ0) is 25.8. The first-order chi connectivity index (χ1) is 15.6. The summed E-state index contributed by atoms with van der Waals surface area (Å²) in [6, 6.07) is 30.0. The minimum Gasteiger partial charge on any atom is -0.421 e. The largest absolute Gasteiger partial charge is 0.435 e. The van der Waals surface area contributed by atoms with E-state index < -0.39 is 32.4 Å². The summed E-state index contributed by atoms with van der Waals surface area (Å²) >= 11 is 0. The van der Waals surface area contributed by atoms with Crippen LogP contribution >= 0.6 is 0 Å². The predicted octanol–water partition coefficient (Wildman–Crippen LogP) is 4.05. The van der Waals surface area contributed by atoms with Gasteiger partial charge >= 0.3 is 24.1 Å². The Balaban J connectivity index is 0.000000365. The third-order valence-electron chi connectivity index (χ3n) is 4.81. The summed E-state index contributed by atoms with van der Waals surface area (Å²) < 4.78 is 103. The van der Waals surface area contributed by atoms with Crippen LogP contribution in [0.3, 0.4) is 0 Å². The molecule has 0 radical (unpaired) electrons. The first kappa shape index (κ1) is 30.8. The molecule has 13 heteroatoms. The fraction of sp³-hybridized carbons (Fsp3) is 0.182. The number of hydrogen-bond donors (Lipinski definition) is 2. The van der Waals surface area contributed by atoms with Crippen LogP contribution < -0.4 is 15.6 Å². The number of benzene rings is 3. The second-order valence-corrected chi connectivity index (χ2v) is 10.2. The van der Waals surface area contributed by atoms with Crippen LogP contribution in [0, 0.1) is 0 Å². The van der Waals surface area contributed by atoms with Gasteiger partial charge in [0.15, 0.2) is 0 Å². The van der Waals surface area contributed by atoms with Gasteiger partial charge in [-0.3, -0.25) is 0 Å². The fourth-order valence-corrected chi connectivity index (χ4v) is 6.04. The van der Waals surface area contributed by atoms with Gasteiger partial charge in [0.2, 0.25) is 0 Å². The average Bonchev–Trinajstić information content (AvgIpc) is 2.78. The van der Waals surface area contributed by atoms with Crippen molar-refractivity contribution in [3.8, 4) is 0 Å². The number of alkyl halides is 9. The molecule has 2 nitrogen and oxygen atoms in total. The van der Waals surface area contributed by atoms with E-state index in [0.717, 1.165) is 15.6 Å². The van der Waals surface area contributed by atoms with Crippen molar-refractivity contribution in [1.29, 1.82) is 0 Å². The molecule has 0 saturated heterocycles. The van der Waals surface area contributed by atoms with Gasteiger partial charge in [-0.25, -0.2) is 0 Å². The van der Waals surface area contributed by atoms with Crippen molar-refractivity contribution in [3.05, 3.63) is 91.0 Å². The monoisotopic (exact) mass is 576 g/mol. The van der Waals surface area contributed by atoms with Gasteiger partial charge in [-0.15, -0.1) is 0 Å². The van der Waals surface area contributed by atoms with E-state index in [1.807, 2.05) is 91.0 Å². The molecular formula is C22H17F9O2SiZn. The van der Waals surface area contributed by atoms with Gasteiger partial charge < -0.3 is 9.90 Å². The maximum absolute atomic E-state index is 11.6. The summed E-state index contributed by atoms with van der Waals surface area (Å²) in [5.74, 6) is 0. The molecule has 3 aromatic rings. The minimum atomic E-state index is -6.87. The molecule has 0 aliphatic rings. The van der Waals surface area contributed by atoms with Crippen molar-refractivity contribution in [2.45, 2.75) is 24.1 Å². The van der Waals surface area contributed by atoms with E-state index in [1.165, 1.54) is 0 Å². The van der Waals surface area contributed by atoms with Crippen LogP contribution in [0.5, 0.6) is 0 Å². The zero-order valence-electron chi connectivity index (χ0n) is 17.7. The second-order valence-electron chi connectivity index (χ2n) is 7.01. The Kier molecular flexibility index (Phi) is 9.89. The fourth-order valence-electron chi connectivity index (χ4n) is 3.02. The Bertz CT molecular complexity index is 909. The van der Waals surface area contributed by atoms with Crippen molar-refractivity contribution >= 4 is 23.9 Å². The maximum atomic E-state index is 11.6. The number of aliphatic hydroxyl groups is 1. The number of rotatable bonds is 3. The van der Waals surface area contributed by atoms with E-state index in [-0.39, 0.29) is 19.5 Å². The van der Waals surface area contributed by atoms with Crippen LogP contribution in [-0.2, 0) is 19.5 Å². The summed E-state index contributed by atoms with van der Waals surface area (Å²) in [5, 5.41) is 10.7. The Morgan fingerprint density at radius 1 is 0.457 bits per heavy atom. The van der Waals surface area contributed by atoms with Crippen molar-refractivity contribution in [3.63, 3.8) is 0 Å². The topological polar surface area (TPSA) is 40.5 Å². The van der Waals surface area contributed by atoms with E-state index in [0.29, 0.717) is 0 Å². The smallest absolute Gasteiger partial charge is 0.421 e. The summed E-state index contributed by atoms with van der Waals surface area (Å²) in [6.07, 6.45) is -20.6. The molecule has 0 heterocycles. The van der Waals surface area contributed by atoms with E-state index in [2.05, 4.69) is 0 Å². The third-order valence-corrected chi connectivity index (χ3v) is 8.31. The molecule has 3 rings (SSSR count). The molecule has 2 N–H and O–H groups in total. The molecule has 0 bridgehead atoms. The molecule has 0 spiro atoms. The van der Waals surface area contributed by atoms with E-state index >= 15 is 0 Å². The van der Waals surface area contributed by atoms with Crippen molar-refractivity contribution in [2.75, 3.05) is 0 Å². The molecule has 0 aliphatic heterocycles. The van der Waals surface area contributed by atoms with Gasteiger partial charge in [0, 0.05) is 19.5 Å². The van der Waals surface area contributed by atoms with Gasteiger partial charge in [-0.05, 0) is 15.6 Å². The van der Waals surface area contributed by atoms with E-state index in [4.69, 9.17) is 5.11 Å². The predicted molar refractivity (Wildman–Crippen MR) is 109 cm³/mol. The Morgan fingerprint density at radius 2 is 0.657 bits per heavy atom. The first-order valence-corrected chi connectivity index (χ1v) is 11.3. The van der Waals surface area contributed by atoms with Gasteiger partial charge in [0.1, 0.15) is 0 Å². The Morgan fingerprint density at radius 3 is 0.800 bits per heavy atom. The molecule has 186 valence electrons. The third kappa shape index (κ3) is 6.32. The molecule has 35 heavy (non-hydrogen) atoms. The van der Waals surface area contributed by atoms with E-state index in [1.54, 1.807) is 0 Å². The van der Waals surface area contributed by atoms with Crippen molar-refractivity contribution < 1.29 is 68.9 Å². The van der Waals surface area contributed by atoms with Crippen LogP contribution in [0.25, 0.3) is 0 Å². The molecule has 0 saturated carbocycles. The number of halogens is 9. The van der Waals surface area contributed by atoms with E-state index in [9.17, 15) is 44.3 Å². The molecule has 0 amide bonds. The normalized spacial score (nSPS) is 12.8. The summed E-state index contributed by atoms with van der Waals surface area (Å²) in [7, 11) is -2.88. The quantitative estimate of drug-likeness (QED) is 0.280. The second kappa shape index (κ2) is 11.2. The van der Waals surface area contributed by atoms with Crippen LogP contribution in [0.2, 0.25) is 0 Å². The maximum Gasteiger partial charge on any atom is 0.435 e. The summed E-state index contributed by atoms with van der Waals surface area (Å²) in [5.41, 5.74) is -6.69.